The summed E-state index contributed by atoms with van der Waals surface area (Å²) in [5.74, 6) is -2.96. The first kappa shape index (κ1) is 12.3. The molecule has 1 aliphatic carbocycles. The minimum absolute atomic E-state index is 0.249. The molecule has 1 amide bonds. The van der Waals surface area contributed by atoms with Crippen molar-refractivity contribution in [1.82, 2.24) is 5.32 Å². The summed E-state index contributed by atoms with van der Waals surface area (Å²) >= 11 is 3.24. The molecule has 0 saturated heterocycles. The highest BCUT2D eigenvalue weighted by Gasteiger charge is 2.57. The highest BCUT2D eigenvalue weighted by atomic mass is 79.9. The molecule has 0 aliphatic heterocycles. The molecule has 0 spiro atoms. The number of hydrogen-bond acceptors (Lipinski definition) is 2. The molecule has 1 unspecified atom stereocenters. The molecule has 1 aromatic carbocycles. The van der Waals surface area contributed by atoms with E-state index in [1.807, 2.05) is 0 Å². The molecule has 92 valence electrons. The number of hydrogen-bond donors (Lipinski definition) is 1. The molecule has 1 saturated carbocycles. The van der Waals surface area contributed by atoms with E-state index >= 15 is 0 Å². The predicted octanol–water partition coefficient (Wildman–Crippen LogP) is 2.60. The van der Waals surface area contributed by atoms with Crippen LogP contribution in [-0.4, -0.2) is 25.0 Å². The summed E-state index contributed by atoms with van der Waals surface area (Å²) in [6, 6.07) is 3.74. The Hall–Kier alpha value is -1.17. The number of halogens is 3. The lowest BCUT2D eigenvalue weighted by atomic mass is 10.2. The van der Waals surface area contributed by atoms with Crippen molar-refractivity contribution in [3.63, 3.8) is 0 Å². The van der Waals surface area contributed by atoms with Crippen molar-refractivity contribution in [2.45, 2.75) is 18.4 Å². The second-order valence-corrected chi connectivity index (χ2v) is 4.75. The van der Waals surface area contributed by atoms with Gasteiger partial charge in [-0.1, -0.05) is 15.9 Å². The van der Waals surface area contributed by atoms with Crippen molar-refractivity contribution in [2.75, 3.05) is 7.11 Å². The van der Waals surface area contributed by atoms with Crippen LogP contribution in [0.1, 0.15) is 16.8 Å². The molecule has 0 radical (unpaired) electrons. The quantitative estimate of drug-likeness (QED) is 0.932. The van der Waals surface area contributed by atoms with Crippen LogP contribution in [0, 0.1) is 0 Å². The van der Waals surface area contributed by atoms with Crippen molar-refractivity contribution < 1.29 is 18.3 Å². The lowest BCUT2D eigenvalue weighted by Crippen LogP contribution is -2.29. The van der Waals surface area contributed by atoms with E-state index < -0.39 is 17.9 Å². The Morgan fingerprint density at radius 2 is 2.24 bits per heavy atom. The van der Waals surface area contributed by atoms with Crippen LogP contribution in [0.5, 0.6) is 5.75 Å². The first-order chi connectivity index (χ1) is 7.94. The fourth-order valence-electron chi connectivity index (χ4n) is 1.46. The summed E-state index contributed by atoms with van der Waals surface area (Å²) < 4.78 is 31.1. The SMILES string of the molecule is COc1cc(Br)ccc1C(=O)NC1CC1(F)F. The summed E-state index contributed by atoms with van der Waals surface area (Å²) in [4.78, 5) is 11.7. The van der Waals surface area contributed by atoms with Gasteiger partial charge >= 0.3 is 0 Å². The standard InChI is InChI=1S/C11H10BrF2NO2/c1-17-8-4-6(12)2-3-7(8)10(16)15-9-5-11(9,13)14/h2-4,9H,5H2,1H3,(H,15,16). The van der Waals surface area contributed by atoms with Crippen molar-refractivity contribution in [1.29, 1.82) is 0 Å². The van der Waals surface area contributed by atoms with Crippen LogP contribution in [0.2, 0.25) is 0 Å². The van der Waals surface area contributed by atoms with E-state index in [9.17, 15) is 13.6 Å². The van der Waals surface area contributed by atoms with Crippen molar-refractivity contribution in [3.05, 3.63) is 28.2 Å². The highest BCUT2D eigenvalue weighted by molar-refractivity contribution is 9.10. The van der Waals surface area contributed by atoms with E-state index in [0.717, 1.165) is 4.47 Å². The molecular weight excluding hydrogens is 296 g/mol. The summed E-state index contributed by atoms with van der Waals surface area (Å²) in [5.41, 5.74) is 0.249. The van der Waals surface area contributed by atoms with Gasteiger partial charge in [0.25, 0.3) is 11.8 Å². The van der Waals surface area contributed by atoms with E-state index in [1.54, 1.807) is 12.1 Å². The summed E-state index contributed by atoms with van der Waals surface area (Å²) in [6.45, 7) is 0. The van der Waals surface area contributed by atoms with E-state index in [-0.39, 0.29) is 12.0 Å². The van der Waals surface area contributed by atoms with E-state index in [1.165, 1.54) is 13.2 Å². The van der Waals surface area contributed by atoms with Gasteiger partial charge in [0.05, 0.1) is 18.7 Å². The van der Waals surface area contributed by atoms with Gasteiger partial charge in [-0.25, -0.2) is 8.78 Å². The number of carbonyl (C=O) groups is 1. The second kappa shape index (κ2) is 4.25. The molecule has 1 aromatic rings. The minimum atomic E-state index is -2.77. The maximum atomic E-state index is 12.7. The average Bonchev–Trinajstić information content (AvgIpc) is 2.85. The average molecular weight is 306 g/mol. The van der Waals surface area contributed by atoms with Gasteiger partial charge in [0, 0.05) is 10.9 Å². The number of methoxy groups -OCH3 is 1. The first-order valence-corrected chi connectivity index (χ1v) is 5.75. The van der Waals surface area contributed by atoms with Gasteiger partial charge in [0.2, 0.25) is 0 Å². The Morgan fingerprint density at radius 1 is 1.59 bits per heavy atom. The molecule has 1 atom stereocenters. The predicted molar refractivity (Wildman–Crippen MR) is 61.5 cm³/mol. The Kier molecular flexibility index (Phi) is 3.07. The summed E-state index contributed by atoms with van der Waals surface area (Å²) in [5, 5.41) is 2.27. The number of alkyl halides is 2. The number of benzene rings is 1. The fraction of sp³-hybridized carbons (Fsp3) is 0.364. The molecule has 3 nitrogen and oxygen atoms in total. The number of carbonyl (C=O) groups excluding carboxylic acids is 1. The number of amides is 1. The fourth-order valence-corrected chi connectivity index (χ4v) is 1.80. The number of ether oxygens (including phenoxy) is 1. The molecule has 17 heavy (non-hydrogen) atoms. The molecular formula is C11H10BrF2NO2. The monoisotopic (exact) mass is 305 g/mol. The van der Waals surface area contributed by atoms with Crippen molar-refractivity contribution in [3.8, 4) is 5.75 Å². The normalized spacial score (nSPS) is 20.8. The molecule has 0 aromatic heterocycles. The molecule has 0 bridgehead atoms. The van der Waals surface area contributed by atoms with Crippen LogP contribution in [0.15, 0.2) is 22.7 Å². The van der Waals surface area contributed by atoms with Crippen LogP contribution in [0.25, 0.3) is 0 Å². The third-order valence-corrected chi connectivity index (χ3v) is 3.03. The molecule has 1 aliphatic rings. The smallest absolute Gasteiger partial charge is 0.270 e. The van der Waals surface area contributed by atoms with Gasteiger partial charge in [-0.3, -0.25) is 4.79 Å². The van der Waals surface area contributed by atoms with E-state index in [2.05, 4.69) is 21.2 Å². The van der Waals surface area contributed by atoms with Crippen LogP contribution >= 0.6 is 15.9 Å². The minimum Gasteiger partial charge on any atom is -0.496 e. The van der Waals surface area contributed by atoms with Crippen LogP contribution in [0.3, 0.4) is 0 Å². The molecule has 2 rings (SSSR count). The van der Waals surface area contributed by atoms with E-state index in [4.69, 9.17) is 4.74 Å². The van der Waals surface area contributed by atoms with Crippen molar-refractivity contribution in [2.24, 2.45) is 0 Å². The maximum Gasteiger partial charge on any atom is 0.270 e. The number of nitrogens with one attached hydrogen (secondary N) is 1. The van der Waals surface area contributed by atoms with Gasteiger partial charge in [-0.05, 0) is 18.2 Å². The van der Waals surface area contributed by atoms with Crippen LogP contribution < -0.4 is 10.1 Å². The van der Waals surface area contributed by atoms with Gasteiger partial charge < -0.3 is 10.1 Å². The Balaban J connectivity index is 2.14. The second-order valence-electron chi connectivity index (χ2n) is 3.84. The summed E-state index contributed by atoms with van der Waals surface area (Å²) in [7, 11) is 1.42. The zero-order valence-corrected chi connectivity index (χ0v) is 10.6. The molecule has 1 N–H and O–H groups in total. The third-order valence-electron chi connectivity index (χ3n) is 2.54. The first-order valence-electron chi connectivity index (χ1n) is 4.96. The van der Waals surface area contributed by atoms with Gasteiger partial charge in [0.15, 0.2) is 0 Å². The molecule has 0 heterocycles. The Bertz CT molecular complexity index is 465. The molecule has 6 heteroatoms. The Morgan fingerprint density at radius 3 is 2.76 bits per heavy atom. The summed E-state index contributed by atoms with van der Waals surface area (Å²) in [6.07, 6.45) is -0.294. The van der Waals surface area contributed by atoms with Gasteiger partial charge in [-0.15, -0.1) is 0 Å². The van der Waals surface area contributed by atoms with Gasteiger partial charge in [0.1, 0.15) is 5.75 Å². The lowest BCUT2D eigenvalue weighted by Gasteiger charge is -2.09. The Labute approximate surface area is 105 Å². The topological polar surface area (TPSA) is 38.3 Å². The zero-order chi connectivity index (χ0) is 12.6. The zero-order valence-electron chi connectivity index (χ0n) is 8.97. The largest absolute Gasteiger partial charge is 0.496 e. The van der Waals surface area contributed by atoms with Crippen LogP contribution in [-0.2, 0) is 0 Å². The van der Waals surface area contributed by atoms with Crippen molar-refractivity contribution >= 4 is 21.8 Å². The lowest BCUT2D eigenvalue weighted by molar-refractivity contribution is 0.0847. The van der Waals surface area contributed by atoms with Gasteiger partial charge in [-0.2, -0.15) is 0 Å². The maximum absolute atomic E-state index is 12.7. The van der Waals surface area contributed by atoms with E-state index in [0.29, 0.717) is 5.75 Å². The third kappa shape index (κ3) is 2.57. The number of rotatable bonds is 3. The highest BCUT2D eigenvalue weighted by Crippen LogP contribution is 2.41. The van der Waals surface area contributed by atoms with Crippen LogP contribution in [0.4, 0.5) is 8.78 Å². The molecule has 1 fully saturated rings.